The minimum Gasteiger partial charge on any atom is -0.458 e. The number of hydrogen-bond donors (Lipinski definition) is 1. The first-order valence-electron chi connectivity index (χ1n) is 10.4. The average Bonchev–Trinajstić information content (AvgIpc) is 3.06. The van der Waals surface area contributed by atoms with Crippen LogP contribution >= 0.6 is 0 Å². The third kappa shape index (κ3) is 3.52. The van der Waals surface area contributed by atoms with Gasteiger partial charge in [-0.15, -0.1) is 0 Å². The van der Waals surface area contributed by atoms with Crippen LogP contribution in [0.4, 0.5) is 0 Å². The number of imidazole rings is 1. The van der Waals surface area contributed by atoms with E-state index < -0.39 is 5.97 Å². The molecule has 4 bridgehead atoms. The van der Waals surface area contributed by atoms with Gasteiger partial charge in [-0.05, 0) is 73.8 Å². The maximum Gasteiger partial charge on any atom is 0.325 e. The average molecular weight is 381 g/mol. The summed E-state index contributed by atoms with van der Waals surface area (Å²) in [5, 5.41) is 2.78. The van der Waals surface area contributed by atoms with Crippen LogP contribution in [0.15, 0.2) is 30.6 Å². The molecule has 0 unspecified atom stereocenters. The van der Waals surface area contributed by atoms with E-state index >= 15 is 0 Å². The molecule has 148 valence electrons. The molecule has 2 aromatic heterocycles. The zero-order valence-corrected chi connectivity index (χ0v) is 16.1. The van der Waals surface area contributed by atoms with Crippen molar-refractivity contribution in [3.8, 4) is 0 Å². The molecular formula is C22H27N3O3. The molecule has 0 saturated heterocycles. The summed E-state index contributed by atoms with van der Waals surface area (Å²) in [5.41, 5.74) is 1.70. The molecular weight excluding hydrogens is 354 g/mol. The Hall–Kier alpha value is -2.37. The van der Waals surface area contributed by atoms with Crippen molar-refractivity contribution in [1.29, 1.82) is 0 Å². The largest absolute Gasteiger partial charge is 0.458 e. The SMILES string of the molecule is O=C(CC12CC3CC(CC(C3)C1)C2)NCC(=O)OCc1cn2ccccc2n1. The summed E-state index contributed by atoms with van der Waals surface area (Å²) in [7, 11) is 0. The number of ether oxygens (including phenoxy) is 1. The van der Waals surface area contributed by atoms with Gasteiger partial charge in [0.25, 0.3) is 0 Å². The predicted octanol–water partition coefficient (Wildman–Crippen LogP) is 3.10. The Balaban J connectivity index is 1.09. The smallest absolute Gasteiger partial charge is 0.325 e. The van der Waals surface area contributed by atoms with Crippen molar-refractivity contribution < 1.29 is 14.3 Å². The molecule has 0 aliphatic heterocycles. The van der Waals surface area contributed by atoms with E-state index in [1.54, 1.807) is 0 Å². The number of pyridine rings is 1. The van der Waals surface area contributed by atoms with Gasteiger partial charge in [-0.2, -0.15) is 0 Å². The Kier molecular flexibility index (Phi) is 4.37. The summed E-state index contributed by atoms with van der Waals surface area (Å²) in [6.07, 6.45) is 12.0. The van der Waals surface area contributed by atoms with E-state index in [-0.39, 0.29) is 24.5 Å². The number of carbonyl (C=O) groups excluding carboxylic acids is 2. The molecule has 6 nitrogen and oxygen atoms in total. The molecule has 2 aromatic rings. The standard InChI is InChI=1S/C22H27N3O3/c26-20(11-22-8-15-5-16(9-22)7-17(6-15)10-22)23-12-21(27)28-14-18-13-25-4-2-1-3-19(25)24-18/h1-4,13,15-17H,5-12,14H2,(H,23,26). The van der Waals surface area contributed by atoms with Crippen LogP contribution < -0.4 is 5.32 Å². The van der Waals surface area contributed by atoms with E-state index in [0.717, 1.165) is 23.4 Å². The monoisotopic (exact) mass is 381 g/mol. The lowest BCUT2D eigenvalue weighted by atomic mass is 9.49. The van der Waals surface area contributed by atoms with Crippen LogP contribution in [0.5, 0.6) is 0 Å². The topological polar surface area (TPSA) is 72.7 Å². The number of fused-ring (bicyclic) bond motifs is 1. The summed E-state index contributed by atoms with van der Waals surface area (Å²) in [4.78, 5) is 28.9. The summed E-state index contributed by atoms with van der Waals surface area (Å²) in [6, 6.07) is 5.73. The summed E-state index contributed by atoms with van der Waals surface area (Å²) in [5.74, 6) is 2.06. The van der Waals surface area contributed by atoms with Gasteiger partial charge in [0.1, 0.15) is 18.8 Å². The number of rotatable bonds is 6. The van der Waals surface area contributed by atoms with Gasteiger partial charge in [0, 0.05) is 18.8 Å². The van der Waals surface area contributed by atoms with E-state index in [1.165, 1.54) is 38.5 Å². The van der Waals surface area contributed by atoms with Gasteiger partial charge in [0.2, 0.25) is 5.91 Å². The zero-order chi connectivity index (χ0) is 19.1. The Bertz CT molecular complexity index is 835. The van der Waals surface area contributed by atoms with Gasteiger partial charge >= 0.3 is 5.97 Å². The Morgan fingerprint density at radius 3 is 2.54 bits per heavy atom. The molecule has 1 N–H and O–H groups in total. The van der Waals surface area contributed by atoms with Gasteiger partial charge in [-0.25, -0.2) is 4.98 Å². The maximum atomic E-state index is 12.5. The van der Waals surface area contributed by atoms with Crippen LogP contribution in [-0.4, -0.2) is 27.8 Å². The predicted molar refractivity (Wildman–Crippen MR) is 103 cm³/mol. The first kappa shape index (κ1) is 17.7. The zero-order valence-electron chi connectivity index (χ0n) is 16.1. The van der Waals surface area contributed by atoms with E-state index in [1.807, 2.05) is 35.0 Å². The van der Waals surface area contributed by atoms with Crippen molar-refractivity contribution in [3.63, 3.8) is 0 Å². The highest BCUT2D eigenvalue weighted by Crippen LogP contribution is 2.61. The fraction of sp³-hybridized carbons (Fsp3) is 0.591. The number of carbonyl (C=O) groups is 2. The van der Waals surface area contributed by atoms with Crippen LogP contribution in [-0.2, 0) is 20.9 Å². The number of nitrogens with one attached hydrogen (secondary N) is 1. The van der Waals surface area contributed by atoms with Gasteiger partial charge in [-0.1, -0.05) is 6.07 Å². The highest BCUT2D eigenvalue weighted by atomic mass is 16.5. The normalized spacial score (nSPS) is 30.5. The van der Waals surface area contributed by atoms with E-state index in [9.17, 15) is 9.59 Å². The molecule has 4 saturated carbocycles. The van der Waals surface area contributed by atoms with Gasteiger partial charge in [-0.3, -0.25) is 9.59 Å². The van der Waals surface area contributed by atoms with Gasteiger partial charge < -0.3 is 14.5 Å². The summed E-state index contributed by atoms with van der Waals surface area (Å²) < 4.78 is 7.16. The molecule has 0 atom stereocenters. The second kappa shape index (κ2) is 6.90. The highest BCUT2D eigenvalue weighted by molar-refractivity contribution is 5.82. The van der Waals surface area contributed by atoms with Gasteiger partial charge in [0.05, 0.1) is 5.69 Å². The Morgan fingerprint density at radius 2 is 1.86 bits per heavy atom. The minimum absolute atomic E-state index is 0.00775. The number of nitrogens with zero attached hydrogens (tertiary/aromatic N) is 2. The molecule has 4 aliphatic carbocycles. The third-order valence-electron chi connectivity index (χ3n) is 6.93. The molecule has 0 radical (unpaired) electrons. The van der Waals surface area contributed by atoms with Crippen molar-refractivity contribution in [2.45, 2.75) is 51.6 Å². The van der Waals surface area contributed by atoms with Crippen molar-refractivity contribution >= 4 is 17.5 Å². The molecule has 4 aliphatic rings. The quantitative estimate of drug-likeness (QED) is 0.781. The first-order chi connectivity index (χ1) is 13.6. The van der Waals surface area contributed by atoms with Crippen LogP contribution in [0.2, 0.25) is 0 Å². The van der Waals surface area contributed by atoms with Crippen LogP contribution in [0.25, 0.3) is 5.65 Å². The number of aromatic nitrogens is 2. The fourth-order valence-electron chi connectivity index (χ4n) is 6.34. The van der Waals surface area contributed by atoms with E-state index in [4.69, 9.17) is 4.74 Å². The van der Waals surface area contributed by atoms with Crippen molar-refractivity contribution in [2.75, 3.05) is 6.54 Å². The second-order valence-corrected chi connectivity index (χ2v) is 9.23. The lowest BCUT2D eigenvalue weighted by Gasteiger charge is -2.56. The Morgan fingerprint density at radius 1 is 1.14 bits per heavy atom. The molecule has 6 rings (SSSR count). The molecule has 6 heteroatoms. The summed E-state index contributed by atoms with van der Waals surface area (Å²) in [6.45, 7) is 0.0456. The third-order valence-corrected chi connectivity index (χ3v) is 6.93. The van der Waals surface area contributed by atoms with Crippen molar-refractivity contribution in [2.24, 2.45) is 23.2 Å². The maximum absolute atomic E-state index is 12.5. The van der Waals surface area contributed by atoms with Crippen LogP contribution in [0.3, 0.4) is 0 Å². The number of esters is 1. The molecule has 0 spiro atoms. The Labute approximate surface area is 164 Å². The van der Waals surface area contributed by atoms with Crippen molar-refractivity contribution in [1.82, 2.24) is 14.7 Å². The molecule has 28 heavy (non-hydrogen) atoms. The number of amides is 1. The molecule has 1 amide bonds. The van der Waals surface area contributed by atoms with Crippen molar-refractivity contribution in [3.05, 3.63) is 36.3 Å². The fourth-order valence-corrected chi connectivity index (χ4v) is 6.34. The lowest BCUT2D eigenvalue weighted by Crippen LogP contribution is -2.48. The summed E-state index contributed by atoms with van der Waals surface area (Å²) >= 11 is 0. The lowest BCUT2D eigenvalue weighted by molar-refractivity contribution is -0.146. The number of hydrogen-bond acceptors (Lipinski definition) is 4. The van der Waals surface area contributed by atoms with E-state index in [2.05, 4.69) is 10.3 Å². The molecule has 2 heterocycles. The van der Waals surface area contributed by atoms with Crippen LogP contribution in [0, 0.1) is 23.2 Å². The minimum atomic E-state index is -0.420. The first-order valence-corrected chi connectivity index (χ1v) is 10.4. The van der Waals surface area contributed by atoms with Gasteiger partial charge in [0.15, 0.2) is 0 Å². The van der Waals surface area contributed by atoms with E-state index in [0.29, 0.717) is 12.1 Å². The molecule has 4 fully saturated rings. The molecule has 0 aromatic carbocycles. The van der Waals surface area contributed by atoms with Crippen LogP contribution in [0.1, 0.15) is 50.6 Å². The second-order valence-electron chi connectivity index (χ2n) is 9.23. The highest BCUT2D eigenvalue weighted by Gasteiger charge is 2.51.